The number of nitrogens with one attached hydrogen (secondary N) is 3. The number of carboxylic acids is 1. The highest BCUT2D eigenvalue weighted by molar-refractivity contribution is 5.95. The lowest BCUT2D eigenvalue weighted by molar-refractivity contribution is 0.0698. The maximum atomic E-state index is 11.6. The second kappa shape index (κ2) is 6.14. The van der Waals surface area contributed by atoms with Crippen molar-refractivity contribution < 1.29 is 14.7 Å². The largest absolute Gasteiger partial charge is 0.478 e. The number of aromatic carboxylic acids is 1. The second-order valence-electron chi connectivity index (χ2n) is 3.65. The molecule has 0 radical (unpaired) electrons. The van der Waals surface area contributed by atoms with Gasteiger partial charge in [-0.2, -0.15) is 0 Å². The Balaban J connectivity index is 1.96. The molecule has 0 saturated carbocycles. The number of carbonyl (C=O) groups is 2. The standard InChI is InChI=1S/C12H11N5O3/c18-11(19)8-3-1-2-4-9(8)16-17-12(20)15-10-7-13-5-6-14-10/h1-7,16H,(H,18,19)(H2,14,15,17,20). The fourth-order valence-electron chi connectivity index (χ4n) is 1.41. The first kappa shape index (κ1) is 13.3. The van der Waals surface area contributed by atoms with Crippen LogP contribution in [-0.4, -0.2) is 27.1 Å². The number of rotatable bonds is 4. The Bertz CT molecular complexity index is 617. The van der Waals surface area contributed by atoms with Gasteiger partial charge in [0.25, 0.3) is 0 Å². The Kier molecular flexibility index (Phi) is 4.07. The summed E-state index contributed by atoms with van der Waals surface area (Å²) in [7, 11) is 0. The molecule has 0 fully saturated rings. The van der Waals surface area contributed by atoms with E-state index in [4.69, 9.17) is 5.11 Å². The predicted octanol–water partition coefficient (Wildman–Crippen LogP) is 1.32. The average Bonchev–Trinajstić information content (AvgIpc) is 2.46. The molecule has 2 aromatic rings. The van der Waals surface area contributed by atoms with E-state index in [9.17, 15) is 9.59 Å². The molecule has 0 bridgehead atoms. The molecule has 0 unspecified atom stereocenters. The molecule has 1 aromatic carbocycles. The summed E-state index contributed by atoms with van der Waals surface area (Å²) in [6, 6.07) is 5.61. The van der Waals surface area contributed by atoms with Gasteiger partial charge in [0.2, 0.25) is 0 Å². The van der Waals surface area contributed by atoms with Crippen LogP contribution in [0.5, 0.6) is 0 Å². The molecule has 0 atom stereocenters. The second-order valence-corrected chi connectivity index (χ2v) is 3.65. The SMILES string of the molecule is O=C(NNc1ccccc1C(=O)O)Nc1cnccn1. The molecule has 1 heterocycles. The number of benzene rings is 1. The van der Waals surface area contributed by atoms with Crippen LogP contribution in [0.3, 0.4) is 0 Å². The van der Waals surface area contributed by atoms with Crippen molar-refractivity contribution in [1.82, 2.24) is 15.4 Å². The topological polar surface area (TPSA) is 116 Å². The van der Waals surface area contributed by atoms with Crippen molar-refractivity contribution in [1.29, 1.82) is 0 Å². The van der Waals surface area contributed by atoms with E-state index in [1.54, 1.807) is 12.1 Å². The zero-order valence-electron chi connectivity index (χ0n) is 10.2. The summed E-state index contributed by atoms with van der Waals surface area (Å²) in [4.78, 5) is 30.2. The molecule has 102 valence electrons. The van der Waals surface area contributed by atoms with Crippen molar-refractivity contribution in [3.05, 3.63) is 48.4 Å². The highest BCUT2D eigenvalue weighted by atomic mass is 16.4. The number of hydrogen-bond donors (Lipinski definition) is 4. The van der Waals surface area contributed by atoms with E-state index in [0.717, 1.165) is 0 Å². The first-order chi connectivity index (χ1) is 9.66. The smallest absolute Gasteiger partial charge is 0.339 e. The van der Waals surface area contributed by atoms with E-state index >= 15 is 0 Å². The number of carbonyl (C=O) groups excluding carboxylic acids is 1. The first-order valence-electron chi connectivity index (χ1n) is 5.58. The van der Waals surface area contributed by atoms with Crippen molar-refractivity contribution in [2.45, 2.75) is 0 Å². The van der Waals surface area contributed by atoms with Crippen molar-refractivity contribution in [3.8, 4) is 0 Å². The van der Waals surface area contributed by atoms with Crippen LogP contribution in [0.1, 0.15) is 10.4 Å². The number of amides is 2. The number of carboxylic acid groups (broad SMARTS) is 1. The molecular formula is C12H11N5O3. The van der Waals surface area contributed by atoms with Gasteiger partial charge in [0.15, 0.2) is 5.82 Å². The van der Waals surface area contributed by atoms with Gasteiger partial charge < -0.3 is 5.11 Å². The highest BCUT2D eigenvalue weighted by Crippen LogP contribution is 2.13. The maximum Gasteiger partial charge on any atom is 0.339 e. The summed E-state index contributed by atoms with van der Waals surface area (Å²) in [5, 5.41) is 11.4. The number of hydrazine groups is 1. The van der Waals surface area contributed by atoms with Gasteiger partial charge in [-0.3, -0.25) is 21.2 Å². The van der Waals surface area contributed by atoms with Crippen LogP contribution in [0.2, 0.25) is 0 Å². The zero-order valence-corrected chi connectivity index (χ0v) is 10.2. The summed E-state index contributed by atoms with van der Waals surface area (Å²) in [5.41, 5.74) is 5.16. The van der Waals surface area contributed by atoms with E-state index in [1.807, 2.05) is 0 Å². The number of nitrogens with zero attached hydrogens (tertiary/aromatic N) is 2. The minimum atomic E-state index is -1.09. The summed E-state index contributed by atoms with van der Waals surface area (Å²) >= 11 is 0. The van der Waals surface area contributed by atoms with Crippen molar-refractivity contribution in [2.24, 2.45) is 0 Å². The lowest BCUT2D eigenvalue weighted by Crippen LogP contribution is -2.34. The molecule has 20 heavy (non-hydrogen) atoms. The molecule has 8 nitrogen and oxygen atoms in total. The van der Waals surface area contributed by atoms with Crippen molar-refractivity contribution in [3.63, 3.8) is 0 Å². The molecule has 1 aromatic heterocycles. The van der Waals surface area contributed by atoms with Gasteiger partial charge in [-0.1, -0.05) is 12.1 Å². The van der Waals surface area contributed by atoms with E-state index in [0.29, 0.717) is 0 Å². The number of hydrogen-bond acceptors (Lipinski definition) is 5. The third-order valence-corrected chi connectivity index (χ3v) is 2.27. The van der Waals surface area contributed by atoms with Gasteiger partial charge in [0.05, 0.1) is 17.4 Å². The first-order valence-corrected chi connectivity index (χ1v) is 5.58. The van der Waals surface area contributed by atoms with Crippen LogP contribution in [0.25, 0.3) is 0 Å². The third-order valence-electron chi connectivity index (χ3n) is 2.27. The Morgan fingerprint density at radius 2 is 1.95 bits per heavy atom. The molecule has 2 rings (SSSR count). The monoisotopic (exact) mass is 273 g/mol. The lowest BCUT2D eigenvalue weighted by Gasteiger charge is -2.11. The van der Waals surface area contributed by atoms with Crippen LogP contribution >= 0.6 is 0 Å². The fraction of sp³-hybridized carbons (Fsp3) is 0. The molecule has 0 aliphatic heterocycles. The van der Waals surface area contributed by atoms with Gasteiger partial charge >= 0.3 is 12.0 Å². The molecule has 4 N–H and O–H groups in total. The summed E-state index contributed by atoms with van der Waals surface area (Å²) in [6.07, 6.45) is 4.29. The third kappa shape index (κ3) is 3.42. The normalized spacial score (nSPS) is 9.60. The zero-order chi connectivity index (χ0) is 14.4. The molecular weight excluding hydrogens is 262 g/mol. The van der Waals surface area contributed by atoms with Crippen LogP contribution in [-0.2, 0) is 0 Å². The number of para-hydroxylation sites is 1. The Morgan fingerprint density at radius 3 is 2.65 bits per heavy atom. The minimum Gasteiger partial charge on any atom is -0.478 e. The Hall–Kier alpha value is -3.16. The lowest BCUT2D eigenvalue weighted by atomic mass is 10.2. The molecule has 2 amide bonds. The van der Waals surface area contributed by atoms with Gasteiger partial charge in [0.1, 0.15) is 0 Å². The van der Waals surface area contributed by atoms with E-state index in [-0.39, 0.29) is 17.1 Å². The fourth-order valence-corrected chi connectivity index (χ4v) is 1.41. The minimum absolute atomic E-state index is 0.0484. The Labute approximate surface area is 113 Å². The van der Waals surface area contributed by atoms with Crippen LogP contribution in [0, 0.1) is 0 Å². The summed E-state index contributed by atoms with van der Waals surface area (Å²) in [5.74, 6) is -0.817. The van der Waals surface area contributed by atoms with Crippen molar-refractivity contribution in [2.75, 3.05) is 10.7 Å². The van der Waals surface area contributed by atoms with Gasteiger partial charge in [-0.25, -0.2) is 14.6 Å². The van der Waals surface area contributed by atoms with E-state index in [1.165, 1.54) is 30.7 Å². The Morgan fingerprint density at radius 1 is 1.15 bits per heavy atom. The summed E-state index contributed by atoms with van der Waals surface area (Å²) in [6.45, 7) is 0. The molecule has 0 spiro atoms. The number of anilines is 2. The average molecular weight is 273 g/mol. The molecule has 0 aliphatic rings. The summed E-state index contributed by atoms with van der Waals surface area (Å²) < 4.78 is 0. The number of urea groups is 1. The maximum absolute atomic E-state index is 11.6. The quantitative estimate of drug-likeness (QED) is 0.624. The number of aromatic nitrogens is 2. The van der Waals surface area contributed by atoms with Gasteiger partial charge in [0, 0.05) is 12.4 Å². The van der Waals surface area contributed by atoms with Gasteiger partial charge in [-0.15, -0.1) is 0 Å². The van der Waals surface area contributed by atoms with Crippen LogP contribution in [0.15, 0.2) is 42.9 Å². The van der Waals surface area contributed by atoms with Crippen molar-refractivity contribution >= 4 is 23.5 Å². The van der Waals surface area contributed by atoms with E-state index in [2.05, 4.69) is 26.1 Å². The molecule has 0 aliphatic carbocycles. The van der Waals surface area contributed by atoms with Gasteiger partial charge in [-0.05, 0) is 12.1 Å². The predicted molar refractivity (Wildman–Crippen MR) is 71.2 cm³/mol. The molecule has 0 saturated heterocycles. The van der Waals surface area contributed by atoms with E-state index < -0.39 is 12.0 Å². The highest BCUT2D eigenvalue weighted by Gasteiger charge is 2.09. The van der Waals surface area contributed by atoms with Crippen LogP contribution in [0.4, 0.5) is 16.3 Å². The molecule has 8 heteroatoms. The van der Waals surface area contributed by atoms with Crippen LogP contribution < -0.4 is 16.2 Å².